The van der Waals surface area contributed by atoms with Crippen LogP contribution < -0.4 is 10.6 Å². The van der Waals surface area contributed by atoms with Gasteiger partial charge in [-0.1, -0.05) is 0 Å². The molecule has 2 heterocycles. The number of nitrogens with zero attached hydrogens (tertiary/aromatic N) is 3. The van der Waals surface area contributed by atoms with Gasteiger partial charge >= 0.3 is 6.09 Å². The van der Waals surface area contributed by atoms with Gasteiger partial charge in [0.05, 0.1) is 13.2 Å². The average Bonchev–Trinajstić information content (AvgIpc) is 2.68. The Labute approximate surface area is 176 Å². The van der Waals surface area contributed by atoms with E-state index in [9.17, 15) is 4.79 Å². The van der Waals surface area contributed by atoms with E-state index in [-0.39, 0.29) is 11.6 Å². The number of amides is 1. The molecule has 1 amide bonds. The smallest absolute Gasteiger partial charge is 0.410 e. The highest BCUT2D eigenvalue weighted by Gasteiger charge is 2.29. The number of hydrogen-bond acceptors (Lipinski definition) is 5. The Bertz CT molecular complexity index is 553. The topological polar surface area (TPSA) is 78.4 Å². The number of ether oxygens (including phenoxy) is 2. The molecule has 2 aliphatic rings. The summed E-state index contributed by atoms with van der Waals surface area (Å²) < 4.78 is 11.0. The van der Waals surface area contributed by atoms with Crippen LogP contribution in [0.4, 0.5) is 4.79 Å². The Morgan fingerprint density at radius 1 is 1.14 bits per heavy atom. The van der Waals surface area contributed by atoms with Crippen molar-refractivity contribution in [3.05, 3.63) is 0 Å². The van der Waals surface area contributed by atoms with Crippen LogP contribution in [0.15, 0.2) is 4.99 Å². The molecule has 0 aromatic rings. The van der Waals surface area contributed by atoms with E-state index >= 15 is 0 Å². The molecule has 2 fully saturated rings. The highest BCUT2D eigenvalue weighted by Crippen LogP contribution is 2.19. The summed E-state index contributed by atoms with van der Waals surface area (Å²) >= 11 is 0. The molecule has 8 heteroatoms. The first-order valence-electron chi connectivity index (χ1n) is 10.9. The summed E-state index contributed by atoms with van der Waals surface area (Å²) in [5.41, 5.74) is -0.429. The molecule has 0 aliphatic carbocycles. The lowest BCUT2D eigenvalue weighted by Gasteiger charge is -2.41. The molecule has 0 bridgehead atoms. The Balaban J connectivity index is 1.77. The Morgan fingerprint density at radius 2 is 1.83 bits per heavy atom. The number of piperidine rings is 1. The highest BCUT2D eigenvalue weighted by molar-refractivity contribution is 5.79. The number of rotatable bonds is 5. The van der Waals surface area contributed by atoms with Crippen LogP contribution in [0, 0.1) is 5.92 Å². The predicted molar refractivity (Wildman–Crippen MR) is 116 cm³/mol. The third-order valence-electron chi connectivity index (χ3n) is 5.51. The zero-order valence-electron chi connectivity index (χ0n) is 19.2. The zero-order valence-corrected chi connectivity index (χ0v) is 19.2. The molecular weight excluding hydrogens is 370 g/mol. The first-order chi connectivity index (χ1) is 13.6. The van der Waals surface area contributed by atoms with Crippen molar-refractivity contribution in [1.29, 1.82) is 0 Å². The fraction of sp³-hybridized carbons (Fsp3) is 0.905. The second-order valence-electron chi connectivity index (χ2n) is 9.65. The van der Waals surface area contributed by atoms with E-state index in [4.69, 9.17) is 9.47 Å². The highest BCUT2D eigenvalue weighted by atomic mass is 16.6. The van der Waals surface area contributed by atoms with Gasteiger partial charge in [-0.3, -0.25) is 9.89 Å². The van der Waals surface area contributed by atoms with Crippen LogP contribution in [0.25, 0.3) is 0 Å². The fourth-order valence-corrected chi connectivity index (χ4v) is 3.77. The number of hydrogen-bond donors (Lipinski definition) is 2. The maximum Gasteiger partial charge on any atom is 0.410 e. The summed E-state index contributed by atoms with van der Waals surface area (Å²) in [6.45, 7) is 16.8. The minimum atomic E-state index is -0.457. The standard InChI is InChI=1S/C21H41N5O3/c1-20(2,3)29-19(27)25-9-7-8-17(15-25)14-23-18(22-6)24-16-21(4,5)26-10-12-28-13-11-26/h17H,7-16H2,1-6H3,(H2,22,23,24). The molecule has 8 nitrogen and oxygen atoms in total. The van der Waals surface area contributed by atoms with Crippen molar-refractivity contribution in [2.45, 2.75) is 58.6 Å². The van der Waals surface area contributed by atoms with E-state index in [2.05, 4.69) is 34.4 Å². The third kappa shape index (κ3) is 8.01. The molecule has 1 atom stereocenters. The van der Waals surface area contributed by atoms with E-state index in [1.807, 2.05) is 25.7 Å². The fourth-order valence-electron chi connectivity index (χ4n) is 3.77. The Hall–Kier alpha value is -1.54. The van der Waals surface area contributed by atoms with Crippen molar-refractivity contribution < 1.29 is 14.3 Å². The van der Waals surface area contributed by atoms with Crippen molar-refractivity contribution in [2.24, 2.45) is 10.9 Å². The summed E-state index contributed by atoms with van der Waals surface area (Å²) in [5.74, 6) is 1.20. The van der Waals surface area contributed by atoms with Gasteiger partial charge in [0.25, 0.3) is 0 Å². The number of carbonyl (C=O) groups is 1. The van der Waals surface area contributed by atoms with E-state index in [1.54, 1.807) is 7.05 Å². The van der Waals surface area contributed by atoms with E-state index < -0.39 is 5.60 Å². The van der Waals surface area contributed by atoms with Gasteiger partial charge in [0.2, 0.25) is 0 Å². The van der Waals surface area contributed by atoms with Gasteiger partial charge in [-0.25, -0.2) is 4.79 Å². The summed E-state index contributed by atoms with van der Waals surface area (Å²) in [5, 5.41) is 6.90. The quantitative estimate of drug-likeness (QED) is 0.532. The predicted octanol–water partition coefficient (Wildman–Crippen LogP) is 1.91. The number of morpholine rings is 1. The van der Waals surface area contributed by atoms with Gasteiger partial charge in [-0.05, 0) is 53.4 Å². The molecule has 0 aromatic heterocycles. The molecule has 0 radical (unpaired) electrons. The number of guanidine groups is 1. The monoisotopic (exact) mass is 411 g/mol. The Morgan fingerprint density at radius 3 is 2.45 bits per heavy atom. The van der Waals surface area contributed by atoms with Crippen LogP contribution in [0.5, 0.6) is 0 Å². The van der Waals surface area contributed by atoms with E-state index in [0.717, 1.165) is 71.3 Å². The SMILES string of the molecule is CN=C(NCC1CCCN(C(=O)OC(C)(C)C)C1)NCC(C)(C)N1CCOCC1. The van der Waals surface area contributed by atoms with Crippen LogP contribution in [0.1, 0.15) is 47.5 Å². The number of nitrogens with one attached hydrogen (secondary N) is 2. The third-order valence-corrected chi connectivity index (χ3v) is 5.51. The summed E-state index contributed by atoms with van der Waals surface area (Å²) in [7, 11) is 1.80. The van der Waals surface area contributed by atoms with Crippen LogP contribution in [0.2, 0.25) is 0 Å². The van der Waals surface area contributed by atoms with Crippen molar-refractivity contribution in [3.8, 4) is 0 Å². The minimum Gasteiger partial charge on any atom is -0.444 e. The lowest BCUT2D eigenvalue weighted by Crippen LogP contribution is -2.56. The normalized spacial score (nSPS) is 22.3. The van der Waals surface area contributed by atoms with Gasteiger partial charge < -0.3 is 25.0 Å². The molecule has 2 N–H and O–H groups in total. The van der Waals surface area contributed by atoms with Crippen molar-refractivity contribution in [3.63, 3.8) is 0 Å². The van der Waals surface area contributed by atoms with E-state index in [1.165, 1.54) is 0 Å². The molecule has 2 rings (SSSR count). The van der Waals surface area contributed by atoms with Crippen LogP contribution in [-0.2, 0) is 9.47 Å². The second kappa shape index (κ2) is 10.5. The van der Waals surface area contributed by atoms with Gasteiger partial charge in [0, 0.05) is 51.9 Å². The van der Waals surface area contributed by atoms with Crippen molar-refractivity contribution >= 4 is 12.1 Å². The van der Waals surface area contributed by atoms with Crippen molar-refractivity contribution in [2.75, 3.05) is 59.5 Å². The largest absolute Gasteiger partial charge is 0.444 e. The first-order valence-corrected chi connectivity index (χ1v) is 10.9. The van der Waals surface area contributed by atoms with Crippen molar-refractivity contribution in [1.82, 2.24) is 20.4 Å². The second-order valence-corrected chi connectivity index (χ2v) is 9.65. The molecule has 2 saturated heterocycles. The van der Waals surface area contributed by atoms with Gasteiger partial charge in [0.15, 0.2) is 5.96 Å². The Kier molecular flexibility index (Phi) is 8.58. The average molecular weight is 412 g/mol. The van der Waals surface area contributed by atoms with Crippen LogP contribution >= 0.6 is 0 Å². The molecule has 0 spiro atoms. The molecule has 168 valence electrons. The van der Waals surface area contributed by atoms with E-state index in [0.29, 0.717) is 5.92 Å². The minimum absolute atomic E-state index is 0.0275. The summed E-state index contributed by atoms with van der Waals surface area (Å²) in [4.78, 5) is 21.0. The van der Waals surface area contributed by atoms with Crippen LogP contribution in [-0.4, -0.2) is 92.5 Å². The lowest BCUT2D eigenvalue weighted by molar-refractivity contribution is -0.00834. The molecule has 0 saturated carbocycles. The molecule has 1 unspecified atom stereocenters. The zero-order chi connectivity index (χ0) is 21.5. The lowest BCUT2D eigenvalue weighted by atomic mass is 9.98. The first kappa shape index (κ1) is 23.7. The summed E-state index contributed by atoms with van der Waals surface area (Å²) in [6, 6.07) is 0. The molecule has 29 heavy (non-hydrogen) atoms. The molecule has 2 aliphatic heterocycles. The number of carbonyl (C=O) groups excluding carboxylic acids is 1. The van der Waals surface area contributed by atoms with Gasteiger partial charge in [-0.15, -0.1) is 0 Å². The molecule has 0 aromatic carbocycles. The number of aliphatic imine (C=N–C) groups is 1. The maximum absolute atomic E-state index is 12.4. The van der Waals surface area contributed by atoms with Crippen LogP contribution in [0.3, 0.4) is 0 Å². The van der Waals surface area contributed by atoms with Gasteiger partial charge in [0.1, 0.15) is 5.60 Å². The van der Waals surface area contributed by atoms with Gasteiger partial charge in [-0.2, -0.15) is 0 Å². The molecular formula is C21H41N5O3. The summed E-state index contributed by atoms with van der Waals surface area (Å²) in [6.07, 6.45) is 1.89. The number of likely N-dealkylation sites (tertiary alicyclic amines) is 1. The maximum atomic E-state index is 12.4.